The number of nitrogens with one attached hydrogen (secondary N) is 1. The normalized spacial score (nSPS) is 11.4. The minimum absolute atomic E-state index is 0.172. The molecular weight excluding hydrogens is 376 g/mol. The Kier molecular flexibility index (Phi) is 7.22. The number of hydrogen-bond donors (Lipinski definition) is 1. The summed E-state index contributed by atoms with van der Waals surface area (Å²) in [7, 11) is 1.61. The van der Waals surface area contributed by atoms with Crippen molar-refractivity contribution < 1.29 is 14.3 Å². The van der Waals surface area contributed by atoms with Gasteiger partial charge in [0.2, 0.25) is 11.8 Å². The molecule has 0 radical (unpaired) electrons. The van der Waals surface area contributed by atoms with Gasteiger partial charge in [-0.05, 0) is 28.8 Å². The predicted octanol–water partition coefficient (Wildman–Crippen LogP) is 4.10. The smallest absolute Gasteiger partial charge is 0.247 e. The molecular formula is C25H26N2O3. The molecule has 0 aromatic heterocycles. The number of ether oxygens (including phenoxy) is 1. The highest BCUT2D eigenvalue weighted by atomic mass is 16.5. The van der Waals surface area contributed by atoms with Crippen LogP contribution in [-0.4, -0.2) is 23.8 Å². The molecule has 30 heavy (non-hydrogen) atoms. The van der Waals surface area contributed by atoms with Crippen LogP contribution < -0.4 is 10.1 Å². The van der Waals surface area contributed by atoms with Crippen molar-refractivity contribution in [3.8, 4) is 5.75 Å². The second kappa shape index (κ2) is 10.3. The molecule has 0 aliphatic heterocycles. The highest BCUT2D eigenvalue weighted by molar-refractivity contribution is 5.88. The fourth-order valence-electron chi connectivity index (χ4n) is 3.30. The molecule has 5 heteroatoms. The standard InChI is InChI=1S/C25H26N2O3/c1-19(28)27(18-21-13-15-23(30-2)16-14-21)24(22-11-7-4-8-12-22)25(29)26-17-20-9-5-3-6-10-20/h3-16,24H,17-18H2,1-2H3,(H,26,29). The Balaban J connectivity index is 1.86. The van der Waals surface area contributed by atoms with E-state index in [9.17, 15) is 9.59 Å². The molecule has 3 rings (SSSR count). The van der Waals surface area contributed by atoms with Gasteiger partial charge in [-0.15, -0.1) is 0 Å². The number of carbonyl (C=O) groups excluding carboxylic acids is 2. The van der Waals surface area contributed by atoms with Gasteiger partial charge in [-0.3, -0.25) is 9.59 Å². The summed E-state index contributed by atoms with van der Waals surface area (Å²) < 4.78 is 5.21. The Morgan fingerprint density at radius 1 is 0.867 bits per heavy atom. The maximum Gasteiger partial charge on any atom is 0.247 e. The van der Waals surface area contributed by atoms with Crippen molar-refractivity contribution >= 4 is 11.8 Å². The van der Waals surface area contributed by atoms with E-state index >= 15 is 0 Å². The Morgan fingerprint density at radius 3 is 2.03 bits per heavy atom. The van der Waals surface area contributed by atoms with Crippen LogP contribution in [0, 0.1) is 0 Å². The third-order valence-corrected chi connectivity index (χ3v) is 4.90. The largest absolute Gasteiger partial charge is 0.497 e. The molecule has 5 nitrogen and oxygen atoms in total. The van der Waals surface area contributed by atoms with Crippen molar-refractivity contribution in [1.29, 1.82) is 0 Å². The van der Waals surface area contributed by atoms with E-state index in [0.717, 1.165) is 22.4 Å². The lowest BCUT2D eigenvalue weighted by atomic mass is 10.0. The van der Waals surface area contributed by atoms with Crippen molar-refractivity contribution in [2.75, 3.05) is 7.11 Å². The average Bonchev–Trinajstić information content (AvgIpc) is 2.79. The number of methoxy groups -OCH3 is 1. The molecule has 3 aromatic carbocycles. The van der Waals surface area contributed by atoms with Crippen molar-refractivity contribution in [3.05, 3.63) is 102 Å². The van der Waals surface area contributed by atoms with Crippen LogP contribution in [0.15, 0.2) is 84.9 Å². The maximum atomic E-state index is 13.2. The predicted molar refractivity (Wildman–Crippen MR) is 117 cm³/mol. The van der Waals surface area contributed by atoms with Gasteiger partial charge >= 0.3 is 0 Å². The fourth-order valence-corrected chi connectivity index (χ4v) is 3.30. The molecule has 154 valence electrons. The molecule has 1 atom stereocenters. The molecule has 3 aromatic rings. The zero-order chi connectivity index (χ0) is 21.3. The molecule has 1 N–H and O–H groups in total. The van der Waals surface area contributed by atoms with E-state index in [2.05, 4.69) is 5.32 Å². The van der Waals surface area contributed by atoms with Crippen molar-refractivity contribution in [2.45, 2.75) is 26.1 Å². The number of hydrogen-bond acceptors (Lipinski definition) is 3. The lowest BCUT2D eigenvalue weighted by Gasteiger charge is -2.30. The van der Waals surface area contributed by atoms with E-state index in [1.807, 2.05) is 84.9 Å². The third-order valence-electron chi connectivity index (χ3n) is 4.90. The highest BCUT2D eigenvalue weighted by Crippen LogP contribution is 2.24. The van der Waals surface area contributed by atoms with E-state index in [0.29, 0.717) is 13.1 Å². The number of rotatable bonds is 8. The average molecular weight is 402 g/mol. The topological polar surface area (TPSA) is 58.6 Å². The summed E-state index contributed by atoms with van der Waals surface area (Å²) >= 11 is 0. The molecule has 0 fully saturated rings. The molecule has 0 bridgehead atoms. The van der Waals surface area contributed by atoms with Crippen LogP contribution in [0.2, 0.25) is 0 Å². The Morgan fingerprint density at radius 2 is 1.47 bits per heavy atom. The van der Waals surface area contributed by atoms with Gasteiger partial charge in [0.1, 0.15) is 11.8 Å². The minimum Gasteiger partial charge on any atom is -0.497 e. The fraction of sp³-hybridized carbons (Fsp3) is 0.200. The van der Waals surface area contributed by atoms with Crippen LogP contribution in [-0.2, 0) is 22.7 Å². The molecule has 2 amide bonds. The van der Waals surface area contributed by atoms with Crippen LogP contribution in [0.4, 0.5) is 0 Å². The van der Waals surface area contributed by atoms with E-state index in [1.54, 1.807) is 12.0 Å². The number of benzene rings is 3. The van der Waals surface area contributed by atoms with Gasteiger partial charge in [-0.1, -0.05) is 72.8 Å². The first-order valence-corrected chi connectivity index (χ1v) is 9.85. The zero-order valence-corrected chi connectivity index (χ0v) is 17.2. The van der Waals surface area contributed by atoms with Crippen molar-refractivity contribution in [2.24, 2.45) is 0 Å². The van der Waals surface area contributed by atoms with Gasteiger partial charge in [0.05, 0.1) is 7.11 Å². The second-order valence-electron chi connectivity index (χ2n) is 7.01. The van der Waals surface area contributed by atoms with Crippen LogP contribution in [0.1, 0.15) is 29.7 Å². The van der Waals surface area contributed by atoms with Crippen molar-refractivity contribution in [3.63, 3.8) is 0 Å². The Bertz CT molecular complexity index is 957. The van der Waals surface area contributed by atoms with Gasteiger partial charge in [0, 0.05) is 20.0 Å². The lowest BCUT2D eigenvalue weighted by Crippen LogP contribution is -2.42. The van der Waals surface area contributed by atoms with Gasteiger partial charge in [-0.2, -0.15) is 0 Å². The van der Waals surface area contributed by atoms with Gasteiger partial charge in [0.15, 0.2) is 0 Å². The van der Waals surface area contributed by atoms with Crippen molar-refractivity contribution in [1.82, 2.24) is 10.2 Å². The van der Waals surface area contributed by atoms with Gasteiger partial charge in [0.25, 0.3) is 0 Å². The number of carbonyl (C=O) groups is 2. The Hall–Kier alpha value is -3.60. The van der Waals surface area contributed by atoms with E-state index in [4.69, 9.17) is 4.74 Å². The first-order valence-electron chi connectivity index (χ1n) is 9.85. The SMILES string of the molecule is COc1ccc(CN(C(C)=O)C(C(=O)NCc2ccccc2)c2ccccc2)cc1. The van der Waals surface area contributed by atoms with E-state index in [-0.39, 0.29) is 11.8 Å². The third kappa shape index (κ3) is 5.47. The molecule has 1 unspecified atom stereocenters. The lowest BCUT2D eigenvalue weighted by molar-refractivity contribution is -0.140. The highest BCUT2D eigenvalue weighted by Gasteiger charge is 2.29. The van der Waals surface area contributed by atoms with E-state index in [1.165, 1.54) is 6.92 Å². The number of nitrogens with zero attached hydrogens (tertiary/aromatic N) is 1. The summed E-state index contributed by atoms with van der Waals surface area (Å²) in [5.41, 5.74) is 2.69. The quantitative estimate of drug-likeness (QED) is 0.617. The van der Waals surface area contributed by atoms with Crippen LogP contribution in [0.5, 0.6) is 5.75 Å². The molecule has 0 aliphatic rings. The summed E-state index contributed by atoms with van der Waals surface area (Å²) in [6.07, 6.45) is 0. The molecule has 0 saturated heterocycles. The van der Waals surface area contributed by atoms with Gasteiger partial charge < -0.3 is 15.0 Å². The Labute approximate surface area is 177 Å². The first kappa shape index (κ1) is 21.1. The molecule has 0 heterocycles. The van der Waals surface area contributed by atoms with Crippen LogP contribution in [0.25, 0.3) is 0 Å². The minimum atomic E-state index is -0.727. The molecule has 0 spiro atoms. The van der Waals surface area contributed by atoms with Gasteiger partial charge in [-0.25, -0.2) is 0 Å². The molecule has 0 aliphatic carbocycles. The van der Waals surface area contributed by atoms with Crippen LogP contribution in [0.3, 0.4) is 0 Å². The summed E-state index contributed by atoms with van der Waals surface area (Å²) in [6, 6.07) is 25.9. The number of amides is 2. The summed E-state index contributed by atoms with van der Waals surface area (Å²) in [4.78, 5) is 27.4. The summed E-state index contributed by atoms with van der Waals surface area (Å²) in [5.74, 6) is 0.358. The second-order valence-corrected chi connectivity index (χ2v) is 7.01. The maximum absolute atomic E-state index is 13.2. The van der Waals surface area contributed by atoms with E-state index < -0.39 is 6.04 Å². The zero-order valence-electron chi connectivity index (χ0n) is 17.2. The first-order chi connectivity index (χ1) is 14.6. The monoisotopic (exact) mass is 402 g/mol. The van der Waals surface area contributed by atoms with Crippen LogP contribution >= 0.6 is 0 Å². The summed E-state index contributed by atoms with van der Waals surface area (Å²) in [6.45, 7) is 2.21. The molecule has 0 saturated carbocycles. The summed E-state index contributed by atoms with van der Waals surface area (Å²) in [5, 5.41) is 2.98.